The van der Waals surface area contributed by atoms with E-state index in [0.717, 1.165) is 12.8 Å². The van der Waals surface area contributed by atoms with Crippen molar-refractivity contribution in [3.05, 3.63) is 0 Å². The van der Waals surface area contributed by atoms with E-state index in [1.54, 1.807) is 0 Å². The quantitative estimate of drug-likeness (QED) is 0.436. The maximum atomic E-state index is 10.1. The Labute approximate surface area is 124 Å². The first-order chi connectivity index (χ1) is 7.36. The van der Waals surface area contributed by atoms with Gasteiger partial charge in [0, 0.05) is 0 Å². The molecule has 0 amide bonds. The van der Waals surface area contributed by atoms with Gasteiger partial charge in [-0.05, 0) is 12.8 Å². The van der Waals surface area contributed by atoms with Crippen LogP contribution in [0.15, 0.2) is 0 Å². The van der Waals surface area contributed by atoms with Crippen LogP contribution in [0.5, 0.6) is 0 Å². The van der Waals surface area contributed by atoms with Gasteiger partial charge in [-0.2, -0.15) is 0 Å². The Morgan fingerprint density at radius 2 is 1.18 bits per heavy atom. The van der Waals surface area contributed by atoms with Crippen LogP contribution in [0.4, 0.5) is 0 Å². The summed E-state index contributed by atoms with van der Waals surface area (Å²) in [6.45, 7) is 3.81. The van der Waals surface area contributed by atoms with Crippen LogP contribution in [0, 0.1) is 0 Å². The molecule has 0 aromatic heterocycles. The van der Waals surface area contributed by atoms with Crippen molar-refractivity contribution in [3.8, 4) is 0 Å². The van der Waals surface area contributed by atoms with E-state index in [2.05, 4.69) is 25.3 Å². The van der Waals surface area contributed by atoms with E-state index < -0.39 is 22.4 Å². The van der Waals surface area contributed by atoms with Gasteiger partial charge in [-0.15, -0.1) is 25.3 Å². The number of aliphatic hydroxyl groups is 2. The second-order valence-corrected chi connectivity index (χ2v) is 4.17. The van der Waals surface area contributed by atoms with Crippen LogP contribution >= 0.6 is 25.3 Å². The molecule has 0 spiro atoms. The Morgan fingerprint density at radius 3 is 1.24 bits per heavy atom. The molecular formula is C10H20CuO4S2+2. The normalized spacial score (nSPS) is 12.6. The molecule has 7 heteroatoms. The van der Waals surface area contributed by atoms with Crippen LogP contribution in [-0.4, -0.2) is 32.7 Å². The van der Waals surface area contributed by atoms with E-state index in [1.165, 1.54) is 0 Å². The molecule has 0 aliphatic carbocycles. The molecule has 0 heterocycles. The predicted molar refractivity (Wildman–Crippen MR) is 69.8 cm³/mol. The zero-order chi connectivity index (χ0) is 13.1. The molecule has 0 saturated carbocycles. The summed E-state index contributed by atoms with van der Waals surface area (Å²) < 4.78 is 0. The van der Waals surface area contributed by atoms with Crippen molar-refractivity contribution in [2.75, 3.05) is 0 Å². The topological polar surface area (TPSA) is 74.6 Å². The average Bonchev–Trinajstić information content (AvgIpc) is 2.19. The van der Waals surface area contributed by atoms with Crippen molar-refractivity contribution in [1.29, 1.82) is 0 Å². The molecule has 0 rings (SSSR count). The minimum Gasteiger partial charge on any atom is -0.384 e. The number of hydrogen-bond acceptors (Lipinski definition) is 4. The molecule has 105 valence electrons. The van der Waals surface area contributed by atoms with Crippen molar-refractivity contribution >= 4 is 35.5 Å². The molecule has 2 atom stereocenters. The van der Waals surface area contributed by atoms with E-state index in [1.807, 2.05) is 13.8 Å². The van der Waals surface area contributed by atoms with Crippen LogP contribution in [0.1, 0.15) is 39.5 Å². The molecule has 0 aromatic carbocycles. The van der Waals surface area contributed by atoms with Crippen LogP contribution in [0.25, 0.3) is 0 Å². The predicted octanol–water partition coefficient (Wildman–Crippen LogP) is 1.21. The van der Waals surface area contributed by atoms with Gasteiger partial charge in [0.05, 0.1) is 0 Å². The van der Waals surface area contributed by atoms with Gasteiger partial charge in [0.2, 0.25) is 10.2 Å². The number of rotatable bonds is 6. The number of thiol groups is 2. The van der Waals surface area contributed by atoms with Crippen LogP contribution in [-0.2, 0) is 26.7 Å². The van der Waals surface area contributed by atoms with Gasteiger partial charge in [0.1, 0.15) is 12.2 Å². The van der Waals surface area contributed by atoms with Crippen molar-refractivity contribution in [2.45, 2.75) is 51.7 Å². The molecule has 0 saturated heterocycles. The molecule has 0 bridgehead atoms. The van der Waals surface area contributed by atoms with Gasteiger partial charge in [-0.1, -0.05) is 26.7 Å². The smallest absolute Gasteiger partial charge is 0.384 e. The third-order valence-corrected chi connectivity index (χ3v) is 2.29. The van der Waals surface area contributed by atoms with Crippen molar-refractivity contribution < 1.29 is 36.9 Å². The SMILES string of the molecule is CCCC(O)C(=O)S.CCCC(O)C(=O)S.[Cu+2]. The van der Waals surface area contributed by atoms with E-state index in [9.17, 15) is 9.59 Å². The molecular weight excluding hydrogens is 312 g/mol. The fourth-order valence-corrected chi connectivity index (χ4v) is 1.05. The van der Waals surface area contributed by atoms with Crippen molar-refractivity contribution in [3.63, 3.8) is 0 Å². The summed E-state index contributed by atoms with van der Waals surface area (Å²) in [5.41, 5.74) is 0. The molecule has 1 radical (unpaired) electrons. The second-order valence-electron chi connectivity index (χ2n) is 3.29. The summed E-state index contributed by atoms with van der Waals surface area (Å²) in [6, 6.07) is 0. The third-order valence-electron chi connectivity index (χ3n) is 1.69. The van der Waals surface area contributed by atoms with E-state index in [0.29, 0.717) is 12.8 Å². The summed E-state index contributed by atoms with van der Waals surface area (Å²) in [5, 5.41) is 16.5. The zero-order valence-corrected chi connectivity index (χ0v) is 12.6. The minimum atomic E-state index is -0.858. The summed E-state index contributed by atoms with van der Waals surface area (Å²) in [4.78, 5) is 20.3. The van der Waals surface area contributed by atoms with E-state index in [-0.39, 0.29) is 17.1 Å². The monoisotopic (exact) mass is 331 g/mol. The van der Waals surface area contributed by atoms with Gasteiger partial charge >= 0.3 is 17.1 Å². The first kappa shape index (κ1) is 22.6. The molecule has 2 N–H and O–H groups in total. The number of carbonyl (C=O) groups excluding carboxylic acids is 2. The first-order valence-corrected chi connectivity index (χ1v) is 6.07. The molecule has 0 aromatic rings. The fourth-order valence-electron chi connectivity index (χ4n) is 0.794. The van der Waals surface area contributed by atoms with Crippen LogP contribution in [0.3, 0.4) is 0 Å². The molecule has 0 aliphatic rings. The summed E-state index contributed by atoms with van der Waals surface area (Å²) in [5.74, 6) is 0. The third kappa shape index (κ3) is 16.5. The molecule has 0 fully saturated rings. The standard InChI is InChI=1S/2C5H10O2S.Cu/c2*1-2-3-4(6)5(7)8;/h2*4,6H,2-3H2,1H3,(H,7,8);/q;;+2. The number of aliphatic hydroxyl groups excluding tert-OH is 2. The maximum absolute atomic E-state index is 10.1. The Bertz CT molecular complexity index is 192. The summed E-state index contributed by atoms with van der Waals surface area (Å²) >= 11 is 6.88. The van der Waals surface area contributed by atoms with Gasteiger partial charge in [-0.3, -0.25) is 9.59 Å². The van der Waals surface area contributed by atoms with Gasteiger partial charge in [0.15, 0.2) is 0 Å². The zero-order valence-electron chi connectivity index (χ0n) is 9.89. The second kappa shape index (κ2) is 14.5. The average molecular weight is 332 g/mol. The van der Waals surface area contributed by atoms with Crippen LogP contribution < -0.4 is 0 Å². The first-order valence-electron chi connectivity index (χ1n) is 5.18. The Balaban J connectivity index is -0.000000218. The largest absolute Gasteiger partial charge is 2.00 e. The summed E-state index contributed by atoms with van der Waals surface area (Å²) in [7, 11) is 0. The number of carbonyl (C=O) groups is 2. The molecule has 2 unspecified atom stereocenters. The Hall–Kier alpha value is 0.479. The van der Waals surface area contributed by atoms with Crippen molar-refractivity contribution in [1.82, 2.24) is 0 Å². The molecule has 4 nitrogen and oxygen atoms in total. The fraction of sp³-hybridized carbons (Fsp3) is 0.800. The van der Waals surface area contributed by atoms with E-state index >= 15 is 0 Å². The Kier molecular flexibility index (Phi) is 19.4. The van der Waals surface area contributed by atoms with E-state index in [4.69, 9.17) is 10.2 Å². The minimum absolute atomic E-state index is 0. The maximum Gasteiger partial charge on any atom is 2.00 e. The molecule has 17 heavy (non-hydrogen) atoms. The van der Waals surface area contributed by atoms with Gasteiger partial charge < -0.3 is 10.2 Å². The van der Waals surface area contributed by atoms with Gasteiger partial charge in [-0.25, -0.2) is 0 Å². The summed E-state index contributed by atoms with van der Waals surface area (Å²) in [6.07, 6.45) is 0.942. The van der Waals surface area contributed by atoms with Crippen LogP contribution in [0.2, 0.25) is 0 Å². The Morgan fingerprint density at radius 1 is 0.941 bits per heavy atom. The molecule has 0 aliphatic heterocycles. The van der Waals surface area contributed by atoms with Crippen molar-refractivity contribution in [2.24, 2.45) is 0 Å². The van der Waals surface area contributed by atoms with Gasteiger partial charge in [0.25, 0.3) is 0 Å². The number of hydrogen-bond donors (Lipinski definition) is 4.